The van der Waals surface area contributed by atoms with E-state index in [4.69, 9.17) is 32.1 Å². The molecule has 0 aliphatic rings. The quantitative estimate of drug-likeness (QED) is 0.143. The van der Waals surface area contributed by atoms with Crippen LogP contribution < -0.4 is 27.6 Å². The van der Waals surface area contributed by atoms with Crippen LogP contribution >= 0.6 is 35.3 Å². The number of carbonyl (C=O) groups is 2. The molecule has 0 spiro atoms. The minimum atomic E-state index is -2.05. The first-order chi connectivity index (χ1) is 24.3. The highest BCUT2D eigenvalue weighted by Crippen LogP contribution is 2.41. The van der Waals surface area contributed by atoms with Gasteiger partial charge in [-0.3, -0.25) is 9.69 Å². The van der Waals surface area contributed by atoms with Crippen molar-refractivity contribution in [3.05, 3.63) is 117 Å². The minimum absolute atomic E-state index is 0. The number of rotatable bonds is 12. The molecule has 5 rings (SSSR count). The monoisotopic (exact) mass is 807 g/mol. The number of anilines is 1. The van der Waals surface area contributed by atoms with Gasteiger partial charge in [-0.2, -0.15) is 9.83 Å². The number of thiazole rings is 1. The van der Waals surface area contributed by atoms with Crippen LogP contribution in [0.25, 0.3) is 11.3 Å². The molecule has 280 valence electrons. The molecule has 0 radical (unpaired) electrons. The maximum absolute atomic E-state index is 15.3. The van der Waals surface area contributed by atoms with Gasteiger partial charge in [0.15, 0.2) is 0 Å². The Bertz CT molecular complexity index is 2100. The molecule has 3 unspecified atom stereocenters. The second-order valence-corrected chi connectivity index (χ2v) is 12.9. The molecule has 53 heavy (non-hydrogen) atoms. The number of halogens is 5. The zero-order valence-electron chi connectivity index (χ0n) is 28.5. The molecule has 3 atom stereocenters. The number of ether oxygens (including phenoxy) is 2. The molecule has 2 aromatic heterocycles. The third-order valence-electron chi connectivity index (χ3n) is 8.28. The van der Waals surface area contributed by atoms with Gasteiger partial charge in [-0.25, -0.2) is 18.6 Å². The molecule has 0 saturated carbocycles. The highest BCUT2D eigenvalue weighted by molar-refractivity contribution is 7.10. The van der Waals surface area contributed by atoms with Crippen LogP contribution in [0.15, 0.2) is 78.7 Å². The Kier molecular flexibility index (Phi) is 14.8. The number of nitriles is 1. The van der Waals surface area contributed by atoms with E-state index in [-0.39, 0.29) is 55.1 Å². The first-order valence-electron chi connectivity index (χ1n) is 15.5. The van der Waals surface area contributed by atoms with E-state index >= 15 is 4.39 Å². The molecular formula is C35H34Cl3F2N7O5S. The lowest BCUT2D eigenvalue weighted by molar-refractivity contribution is -0.753. The summed E-state index contributed by atoms with van der Waals surface area (Å²) >= 11 is 7.57. The van der Waals surface area contributed by atoms with Gasteiger partial charge in [-0.05, 0) is 42.5 Å². The van der Waals surface area contributed by atoms with E-state index in [0.29, 0.717) is 27.5 Å². The van der Waals surface area contributed by atoms with Crippen molar-refractivity contribution in [3.8, 4) is 17.3 Å². The molecule has 3 aromatic carbocycles. The molecule has 18 heteroatoms. The normalized spacial score (nSPS) is 13.0. The van der Waals surface area contributed by atoms with E-state index in [1.165, 1.54) is 45.2 Å². The van der Waals surface area contributed by atoms with E-state index < -0.39 is 41.4 Å². The molecule has 5 aromatic rings. The van der Waals surface area contributed by atoms with Crippen LogP contribution in [0.2, 0.25) is 5.02 Å². The van der Waals surface area contributed by atoms with E-state index in [1.54, 1.807) is 61.7 Å². The standard InChI is InChI=1S/C35H33ClF2N7O5S.2ClH/c1-21(33-42-30(17-51-33)24-9-7-23(14-39)8-10-24)35(48,27-13-25(37)11-12-29(27)38)18-45-20-44(19-41-45)22(2)50-34(47)43(3)31-6-4-5-28(36)26(31)16-49-32(46)15-40;;/h4-13,17,19-22,48H,15-16,18,40H2,1-3H3;2*1H/q+1;;/p-1. The average Bonchev–Trinajstić information content (AvgIpc) is 3.82. The summed E-state index contributed by atoms with van der Waals surface area (Å²) in [7, 11) is 1.46. The topological polar surface area (TPSA) is 160 Å². The van der Waals surface area contributed by atoms with Gasteiger partial charge in [-0.15, -0.1) is 28.4 Å². The van der Waals surface area contributed by atoms with Gasteiger partial charge >= 0.3 is 12.1 Å². The summed E-state index contributed by atoms with van der Waals surface area (Å²) < 4.78 is 43.4. The molecule has 12 nitrogen and oxygen atoms in total. The summed E-state index contributed by atoms with van der Waals surface area (Å²) in [6.45, 7) is 2.37. The van der Waals surface area contributed by atoms with Gasteiger partial charge in [0.25, 0.3) is 6.33 Å². The number of hydrogen-bond acceptors (Lipinski definition) is 10. The molecule has 0 bridgehead atoms. The number of carbonyl (C=O) groups excluding carboxylic acids is 2. The number of amides is 1. The van der Waals surface area contributed by atoms with Crippen molar-refractivity contribution < 1.29 is 49.9 Å². The number of aromatic nitrogens is 4. The average molecular weight is 809 g/mol. The van der Waals surface area contributed by atoms with Crippen molar-refractivity contribution in [1.29, 1.82) is 5.26 Å². The van der Waals surface area contributed by atoms with Crippen LogP contribution in [0.5, 0.6) is 0 Å². The molecular weight excluding hydrogens is 775 g/mol. The van der Waals surface area contributed by atoms with E-state index in [0.717, 1.165) is 23.8 Å². The smallest absolute Gasteiger partial charge is 0.416 e. The summed E-state index contributed by atoms with van der Waals surface area (Å²) in [4.78, 5) is 30.7. The molecule has 0 aliphatic carbocycles. The van der Waals surface area contributed by atoms with Gasteiger partial charge in [0.2, 0.25) is 12.6 Å². The molecule has 0 aliphatic heterocycles. The summed E-state index contributed by atoms with van der Waals surface area (Å²) in [5.74, 6) is -3.06. The zero-order chi connectivity index (χ0) is 36.9. The van der Waals surface area contributed by atoms with Crippen LogP contribution in [0.1, 0.15) is 47.7 Å². The Morgan fingerprint density at radius 2 is 1.91 bits per heavy atom. The predicted molar refractivity (Wildman–Crippen MR) is 191 cm³/mol. The number of hydrogen-bond donors (Lipinski definition) is 2. The Hall–Kier alpha value is -4.69. The van der Waals surface area contributed by atoms with Gasteiger partial charge in [0.1, 0.15) is 30.4 Å². The second-order valence-electron chi connectivity index (χ2n) is 11.6. The summed E-state index contributed by atoms with van der Waals surface area (Å²) in [5, 5.41) is 28.2. The van der Waals surface area contributed by atoms with Crippen LogP contribution in [0.3, 0.4) is 0 Å². The molecule has 2 heterocycles. The van der Waals surface area contributed by atoms with Gasteiger partial charge in [0.05, 0.1) is 34.6 Å². The Balaban J connectivity index is 0.00000378. The number of nitrogens with zero attached hydrogens (tertiary/aromatic N) is 6. The van der Waals surface area contributed by atoms with Crippen LogP contribution in [-0.2, 0) is 33.0 Å². The van der Waals surface area contributed by atoms with Gasteiger partial charge < -0.3 is 32.7 Å². The third-order valence-corrected chi connectivity index (χ3v) is 9.66. The molecule has 3 N–H and O–H groups in total. The van der Waals surface area contributed by atoms with E-state index in [1.807, 2.05) is 0 Å². The van der Waals surface area contributed by atoms with Crippen LogP contribution in [0, 0.1) is 23.0 Å². The first kappa shape index (κ1) is 42.7. The van der Waals surface area contributed by atoms with Gasteiger partial charge in [0, 0.05) is 52.1 Å². The van der Waals surface area contributed by atoms with Crippen molar-refractivity contribution in [2.45, 2.75) is 44.7 Å². The van der Waals surface area contributed by atoms with Gasteiger partial charge in [-0.1, -0.05) is 36.7 Å². The van der Waals surface area contributed by atoms with Crippen molar-refractivity contribution in [2.75, 3.05) is 18.5 Å². The summed E-state index contributed by atoms with van der Waals surface area (Å²) in [5.41, 5.74) is 5.52. The Morgan fingerprint density at radius 3 is 2.58 bits per heavy atom. The molecule has 0 saturated heterocycles. The maximum Gasteiger partial charge on any atom is 0.416 e. The minimum Gasteiger partial charge on any atom is -1.00 e. The first-order valence-corrected chi connectivity index (χ1v) is 16.7. The fourth-order valence-electron chi connectivity index (χ4n) is 5.28. The largest absolute Gasteiger partial charge is 1.00 e. The SMILES string of the molecule is CC(OC(=O)N(C)c1cccc(Cl)c1COC(=O)CN)[n+]1cnn(CC(O)(c2cc(F)ccc2F)C(C)c2nc(-c3ccc(C#N)cc3)cs2)c1.Cl.[Cl-]. The highest BCUT2D eigenvalue weighted by atomic mass is 35.5. The van der Waals surface area contributed by atoms with Crippen LogP contribution in [-0.4, -0.2) is 45.5 Å². The lowest BCUT2D eigenvalue weighted by Gasteiger charge is -2.32. The second kappa shape index (κ2) is 18.4. The predicted octanol–water partition coefficient (Wildman–Crippen LogP) is 3.01. The highest BCUT2D eigenvalue weighted by Gasteiger charge is 2.43. The Morgan fingerprint density at radius 1 is 1.19 bits per heavy atom. The summed E-state index contributed by atoms with van der Waals surface area (Å²) in [6, 6.07) is 16.6. The lowest BCUT2D eigenvalue weighted by atomic mass is 9.82. The van der Waals surface area contributed by atoms with Crippen molar-refractivity contribution >= 4 is 53.1 Å². The van der Waals surface area contributed by atoms with E-state index in [9.17, 15) is 19.1 Å². The van der Waals surface area contributed by atoms with Crippen molar-refractivity contribution in [2.24, 2.45) is 5.73 Å². The fraction of sp³-hybridized carbons (Fsp3) is 0.257. The number of esters is 1. The summed E-state index contributed by atoms with van der Waals surface area (Å²) in [6.07, 6.45) is 1.12. The fourth-order valence-corrected chi connectivity index (χ4v) is 6.47. The Labute approximate surface area is 325 Å². The van der Waals surface area contributed by atoms with E-state index in [2.05, 4.69) is 16.2 Å². The third kappa shape index (κ3) is 9.65. The maximum atomic E-state index is 15.3. The zero-order valence-corrected chi connectivity index (χ0v) is 31.6. The molecule has 1 amide bonds. The lowest BCUT2D eigenvalue weighted by Crippen LogP contribution is -3.00. The number of benzene rings is 3. The van der Waals surface area contributed by atoms with Crippen molar-refractivity contribution in [3.63, 3.8) is 0 Å². The van der Waals surface area contributed by atoms with Crippen molar-refractivity contribution in [1.82, 2.24) is 14.8 Å². The number of nitrogens with two attached hydrogens (primary N) is 1. The molecule has 0 fully saturated rings. The van der Waals surface area contributed by atoms with Crippen LogP contribution in [0.4, 0.5) is 19.3 Å². The number of aliphatic hydroxyl groups is 1.